The van der Waals surface area contributed by atoms with Crippen molar-refractivity contribution in [1.82, 2.24) is 4.90 Å². The van der Waals surface area contributed by atoms with E-state index < -0.39 is 0 Å². The highest BCUT2D eigenvalue weighted by Crippen LogP contribution is 2.36. The van der Waals surface area contributed by atoms with Crippen LogP contribution in [0, 0.1) is 0 Å². The molecule has 0 radical (unpaired) electrons. The van der Waals surface area contributed by atoms with Crippen molar-refractivity contribution in [2.45, 2.75) is 38.1 Å². The van der Waals surface area contributed by atoms with Crippen LogP contribution < -0.4 is 10.1 Å². The number of ether oxygens (including phenoxy) is 1. The van der Waals surface area contributed by atoms with E-state index in [0.717, 1.165) is 37.8 Å². The van der Waals surface area contributed by atoms with Gasteiger partial charge in [0.1, 0.15) is 5.75 Å². The normalized spacial score (nSPS) is 20.5. The molecule has 1 aliphatic heterocycles. The molecular formula is C16H22N2O3. The van der Waals surface area contributed by atoms with Crippen LogP contribution >= 0.6 is 0 Å². The van der Waals surface area contributed by atoms with Gasteiger partial charge in [-0.15, -0.1) is 0 Å². The number of urea groups is 1. The summed E-state index contributed by atoms with van der Waals surface area (Å²) in [6.07, 6.45) is 4.97. The van der Waals surface area contributed by atoms with Crippen LogP contribution in [0.2, 0.25) is 0 Å². The summed E-state index contributed by atoms with van der Waals surface area (Å²) >= 11 is 0. The number of anilines is 1. The topological polar surface area (TPSA) is 61.8 Å². The van der Waals surface area contributed by atoms with Crippen LogP contribution in [0.3, 0.4) is 0 Å². The molecule has 0 unspecified atom stereocenters. The molecule has 114 valence electrons. The van der Waals surface area contributed by atoms with Crippen molar-refractivity contribution in [3.63, 3.8) is 0 Å². The van der Waals surface area contributed by atoms with Gasteiger partial charge in [0.2, 0.25) is 0 Å². The first kappa shape index (κ1) is 14.2. The van der Waals surface area contributed by atoms with E-state index in [1.807, 2.05) is 6.07 Å². The monoisotopic (exact) mass is 290 g/mol. The van der Waals surface area contributed by atoms with E-state index in [4.69, 9.17) is 4.74 Å². The van der Waals surface area contributed by atoms with Crippen LogP contribution in [0.1, 0.15) is 30.4 Å². The Bertz CT molecular complexity index is 545. The summed E-state index contributed by atoms with van der Waals surface area (Å²) in [5.74, 6) is 0.712. The highest BCUT2D eigenvalue weighted by atomic mass is 16.5. The molecule has 0 bridgehead atoms. The fourth-order valence-electron chi connectivity index (χ4n) is 3.42. The number of fused-ring (bicyclic) bond motifs is 1. The number of benzene rings is 1. The second-order valence-electron chi connectivity index (χ2n) is 5.74. The maximum Gasteiger partial charge on any atom is 0.322 e. The SMILES string of the molecule is COc1ccc2c(c1NC(=O)N1CCC[C@H]1CO)CCC2. The molecule has 5 nitrogen and oxygen atoms in total. The van der Waals surface area contributed by atoms with Gasteiger partial charge in [-0.2, -0.15) is 0 Å². The van der Waals surface area contributed by atoms with Gasteiger partial charge in [0.15, 0.2) is 0 Å². The highest BCUT2D eigenvalue weighted by molar-refractivity contribution is 5.93. The number of carbonyl (C=O) groups is 1. The molecule has 5 heteroatoms. The smallest absolute Gasteiger partial charge is 0.322 e. The van der Waals surface area contributed by atoms with E-state index in [9.17, 15) is 9.90 Å². The molecule has 2 aliphatic rings. The first-order valence-corrected chi connectivity index (χ1v) is 7.62. The minimum absolute atomic E-state index is 0.0252. The largest absolute Gasteiger partial charge is 0.495 e. The molecule has 3 rings (SSSR count). The molecule has 0 saturated carbocycles. The molecule has 1 heterocycles. The number of nitrogens with one attached hydrogen (secondary N) is 1. The number of rotatable bonds is 3. The van der Waals surface area contributed by atoms with Gasteiger partial charge in [-0.3, -0.25) is 0 Å². The van der Waals surface area contributed by atoms with E-state index in [0.29, 0.717) is 12.3 Å². The molecule has 0 spiro atoms. The summed E-state index contributed by atoms with van der Waals surface area (Å²) in [6, 6.07) is 3.81. The number of hydrogen-bond donors (Lipinski definition) is 2. The zero-order chi connectivity index (χ0) is 14.8. The lowest BCUT2D eigenvalue weighted by atomic mass is 10.1. The van der Waals surface area contributed by atoms with Crippen molar-refractivity contribution in [3.8, 4) is 5.75 Å². The molecule has 1 saturated heterocycles. The van der Waals surface area contributed by atoms with Crippen molar-refractivity contribution in [3.05, 3.63) is 23.3 Å². The summed E-state index contributed by atoms with van der Waals surface area (Å²) in [5, 5.41) is 12.4. The average Bonchev–Trinajstić information content (AvgIpc) is 3.16. The number of likely N-dealkylation sites (tertiary alicyclic amines) is 1. The minimum Gasteiger partial charge on any atom is -0.495 e. The predicted octanol–water partition coefficient (Wildman–Crippen LogP) is 2.17. The van der Waals surface area contributed by atoms with Gasteiger partial charge >= 0.3 is 6.03 Å². The van der Waals surface area contributed by atoms with Crippen LogP contribution in [0.15, 0.2) is 12.1 Å². The Hall–Kier alpha value is -1.75. The molecule has 2 amide bonds. The molecule has 0 aromatic heterocycles. The van der Waals surface area contributed by atoms with Crippen LogP contribution in [0.4, 0.5) is 10.5 Å². The number of hydrogen-bond acceptors (Lipinski definition) is 3. The lowest BCUT2D eigenvalue weighted by Crippen LogP contribution is -2.40. The molecule has 1 fully saturated rings. The molecule has 2 N–H and O–H groups in total. The third kappa shape index (κ3) is 2.58. The molecular weight excluding hydrogens is 268 g/mol. The maximum atomic E-state index is 12.5. The van der Waals surface area contributed by atoms with Gasteiger partial charge in [0.25, 0.3) is 0 Å². The Morgan fingerprint density at radius 1 is 1.43 bits per heavy atom. The second-order valence-corrected chi connectivity index (χ2v) is 5.74. The lowest BCUT2D eigenvalue weighted by Gasteiger charge is -2.24. The summed E-state index contributed by atoms with van der Waals surface area (Å²) in [7, 11) is 1.62. The highest BCUT2D eigenvalue weighted by Gasteiger charge is 2.29. The summed E-state index contributed by atoms with van der Waals surface area (Å²) < 4.78 is 5.40. The zero-order valence-electron chi connectivity index (χ0n) is 12.4. The van der Waals surface area contributed by atoms with Crippen molar-refractivity contribution in [2.75, 3.05) is 25.6 Å². The number of aryl methyl sites for hydroxylation is 1. The number of aliphatic hydroxyl groups excluding tert-OH is 1. The fourth-order valence-corrected chi connectivity index (χ4v) is 3.42. The number of amides is 2. The van der Waals surface area contributed by atoms with Crippen LogP contribution in [0.25, 0.3) is 0 Å². The van der Waals surface area contributed by atoms with Crippen molar-refractivity contribution < 1.29 is 14.6 Å². The third-order valence-corrected chi connectivity index (χ3v) is 4.55. The van der Waals surface area contributed by atoms with E-state index in [1.54, 1.807) is 12.0 Å². The Kier molecular flexibility index (Phi) is 4.01. The quantitative estimate of drug-likeness (QED) is 0.897. The molecule has 1 aromatic rings. The molecule has 1 aliphatic carbocycles. The van der Waals surface area contributed by atoms with Crippen molar-refractivity contribution in [2.24, 2.45) is 0 Å². The first-order chi connectivity index (χ1) is 10.2. The van der Waals surface area contributed by atoms with Crippen LogP contribution in [-0.4, -0.2) is 42.3 Å². The molecule has 1 atom stereocenters. The standard InChI is InChI=1S/C16H22N2O3/c1-21-14-8-7-11-4-2-6-13(11)15(14)17-16(20)18-9-3-5-12(18)10-19/h7-8,12,19H,2-6,9-10H2,1H3,(H,17,20)/t12-/m0/s1. The summed E-state index contributed by atoms with van der Waals surface area (Å²) in [5.41, 5.74) is 3.30. The third-order valence-electron chi connectivity index (χ3n) is 4.55. The van der Waals surface area contributed by atoms with E-state index in [2.05, 4.69) is 11.4 Å². The lowest BCUT2D eigenvalue weighted by molar-refractivity contribution is 0.166. The number of aliphatic hydroxyl groups is 1. The predicted molar refractivity (Wildman–Crippen MR) is 80.9 cm³/mol. The Morgan fingerprint density at radius 2 is 2.29 bits per heavy atom. The second kappa shape index (κ2) is 5.93. The molecule has 1 aromatic carbocycles. The summed E-state index contributed by atoms with van der Waals surface area (Å²) in [4.78, 5) is 14.2. The number of methoxy groups -OCH3 is 1. The van der Waals surface area contributed by atoms with Gasteiger partial charge in [-0.25, -0.2) is 4.79 Å². The van der Waals surface area contributed by atoms with Gasteiger partial charge in [-0.1, -0.05) is 6.07 Å². The zero-order valence-corrected chi connectivity index (χ0v) is 12.4. The van der Waals surface area contributed by atoms with E-state index in [1.165, 1.54) is 11.1 Å². The van der Waals surface area contributed by atoms with Crippen molar-refractivity contribution >= 4 is 11.7 Å². The number of nitrogens with zero attached hydrogens (tertiary/aromatic N) is 1. The molecule has 21 heavy (non-hydrogen) atoms. The Labute approximate surface area is 124 Å². The average molecular weight is 290 g/mol. The number of carbonyl (C=O) groups excluding carboxylic acids is 1. The van der Waals surface area contributed by atoms with Crippen LogP contribution in [0.5, 0.6) is 5.75 Å². The maximum absolute atomic E-state index is 12.5. The van der Waals surface area contributed by atoms with E-state index in [-0.39, 0.29) is 18.7 Å². The Balaban J connectivity index is 1.84. The van der Waals surface area contributed by atoms with Gasteiger partial charge in [0, 0.05) is 6.54 Å². The van der Waals surface area contributed by atoms with Crippen LogP contribution in [-0.2, 0) is 12.8 Å². The van der Waals surface area contributed by atoms with Gasteiger partial charge in [-0.05, 0) is 49.3 Å². The fraction of sp³-hybridized carbons (Fsp3) is 0.562. The van der Waals surface area contributed by atoms with Gasteiger partial charge < -0.3 is 20.1 Å². The summed E-state index contributed by atoms with van der Waals surface area (Å²) in [6.45, 7) is 0.728. The first-order valence-electron chi connectivity index (χ1n) is 7.62. The minimum atomic E-state index is -0.134. The van der Waals surface area contributed by atoms with E-state index >= 15 is 0 Å². The Morgan fingerprint density at radius 3 is 3.05 bits per heavy atom. The van der Waals surface area contributed by atoms with Gasteiger partial charge in [0.05, 0.1) is 25.4 Å². The van der Waals surface area contributed by atoms with Crippen molar-refractivity contribution in [1.29, 1.82) is 0 Å².